The van der Waals surface area contributed by atoms with Gasteiger partial charge in [-0.25, -0.2) is 0 Å². The van der Waals surface area contributed by atoms with Gasteiger partial charge in [0.2, 0.25) is 0 Å². The summed E-state index contributed by atoms with van der Waals surface area (Å²) < 4.78 is 0. The van der Waals surface area contributed by atoms with Crippen LogP contribution >= 0.6 is 0 Å². The Morgan fingerprint density at radius 1 is 0.867 bits per heavy atom. The Labute approximate surface area is 96.0 Å². The van der Waals surface area contributed by atoms with E-state index in [1.54, 1.807) is 0 Å². The zero-order chi connectivity index (χ0) is 11.4. The molecule has 0 bridgehead atoms. The third-order valence-electron chi connectivity index (χ3n) is 2.99. The second-order valence-corrected chi connectivity index (χ2v) is 4.51. The summed E-state index contributed by atoms with van der Waals surface area (Å²) in [4.78, 5) is 0. The molecule has 0 spiro atoms. The van der Waals surface area contributed by atoms with Gasteiger partial charge >= 0.3 is 0 Å². The smallest absolute Gasteiger partial charge is 0.0543 e. The predicted molar refractivity (Wildman–Crippen MR) is 68.9 cm³/mol. The first-order chi connectivity index (χ1) is 7.31. The molecule has 0 rings (SSSR count). The molecule has 0 aromatic carbocycles. The van der Waals surface area contributed by atoms with Gasteiger partial charge in [-0.3, -0.25) is 0 Å². The average molecular weight is 214 g/mol. The van der Waals surface area contributed by atoms with Gasteiger partial charge in [0.25, 0.3) is 0 Å². The van der Waals surface area contributed by atoms with E-state index in [0.29, 0.717) is 0 Å². The minimum atomic E-state index is 0.203. The molecule has 0 radical (unpaired) electrons. The van der Waals surface area contributed by atoms with Crippen LogP contribution in [0.3, 0.4) is 0 Å². The predicted octanol–water partition coefficient (Wildman–Crippen LogP) is 3.41. The number of nitrogens with two attached hydrogens (primary N) is 1. The molecule has 0 saturated heterocycles. The van der Waals surface area contributed by atoms with Gasteiger partial charge in [-0.05, 0) is 13.5 Å². The summed E-state index contributed by atoms with van der Waals surface area (Å²) in [6, 6.07) is 0. The minimum Gasteiger partial charge on any atom is -0.316 e. The molecular weight excluding hydrogens is 184 g/mol. The molecule has 0 aliphatic carbocycles. The monoisotopic (exact) mass is 214 g/mol. The maximum atomic E-state index is 5.76. The maximum absolute atomic E-state index is 5.76. The normalized spacial score (nSPS) is 13.0. The van der Waals surface area contributed by atoms with E-state index in [1.807, 2.05) is 7.05 Å². The van der Waals surface area contributed by atoms with Gasteiger partial charge in [0.05, 0.1) is 6.17 Å². The van der Waals surface area contributed by atoms with E-state index in [1.165, 1.54) is 57.8 Å². The van der Waals surface area contributed by atoms with Crippen molar-refractivity contribution in [2.75, 3.05) is 7.05 Å². The van der Waals surface area contributed by atoms with Gasteiger partial charge in [0.15, 0.2) is 0 Å². The first-order valence-corrected chi connectivity index (χ1v) is 6.74. The highest BCUT2D eigenvalue weighted by Gasteiger charge is 1.97. The van der Waals surface area contributed by atoms with E-state index in [9.17, 15) is 0 Å². The van der Waals surface area contributed by atoms with Crippen molar-refractivity contribution in [3.8, 4) is 0 Å². The molecule has 0 aliphatic heterocycles. The summed E-state index contributed by atoms with van der Waals surface area (Å²) >= 11 is 0. The quantitative estimate of drug-likeness (QED) is 0.408. The lowest BCUT2D eigenvalue weighted by Gasteiger charge is -2.09. The van der Waals surface area contributed by atoms with E-state index in [2.05, 4.69) is 12.2 Å². The van der Waals surface area contributed by atoms with Gasteiger partial charge in [-0.2, -0.15) is 0 Å². The standard InChI is InChI=1S/C13H30N2/c1-3-4-5-6-7-8-9-10-11-12-13(14)15-2/h13,15H,3-12,14H2,1-2H3. The zero-order valence-electron chi connectivity index (χ0n) is 10.7. The molecular formula is C13H30N2. The van der Waals surface area contributed by atoms with Crippen LogP contribution < -0.4 is 11.1 Å². The lowest BCUT2D eigenvalue weighted by atomic mass is 10.1. The van der Waals surface area contributed by atoms with E-state index < -0.39 is 0 Å². The molecule has 92 valence electrons. The highest BCUT2D eigenvalue weighted by Crippen LogP contribution is 2.10. The molecule has 0 amide bonds. The fourth-order valence-electron chi connectivity index (χ4n) is 1.82. The maximum Gasteiger partial charge on any atom is 0.0543 e. The van der Waals surface area contributed by atoms with Crippen molar-refractivity contribution < 1.29 is 0 Å². The van der Waals surface area contributed by atoms with Crippen molar-refractivity contribution in [2.24, 2.45) is 5.73 Å². The highest BCUT2D eigenvalue weighted by atomic mass is 15.0. The Balaban J connectivity index is 2.92. The van der Waals surface area contributed by atoms with Crippen LogP contribution in [0.15, 0.2) is 0 Å². The van der Waals surface area contributed by atoms with Crippen LogP contribution in [0.5, 0.6) is 0 Å². The number of hydrogen-bond donors (Lipinski definition) is 2. The molecule has 2 nitrogen and oxygen atoms in total. The molecule has 2 heteroatoms. The van der Waals surface area contributed by atoms with Crippen LogP contribution in [-0.2, 0) is 0 Å². The Morgan fingerprint density at radius 3 is 1.80 bits per heavy atom. The summed E-state index contributed by atoms with van der Waals surface area (Å²) in [6.07, 6.45) is 13.8. The van der Waals surface area contributed by atoms with Crippen LogP contribution in [0.1, 0.15) is 71.1 Å². The topological polar surface area (TPSA) is 38.0 Å². The molecule has 0 aromatic rings. The molecule has 0 aliphatic rings. The number of rotatable bonds is 11. The summed E-state index contributed by atoms with van der Waals surface area (Å²) in [5.41, 5.74) is 5.76. The van der Waals surface area contributed by atoms with Crippen molar-refractivity contribution in [1.82, 2.24) is 5.32 Å². The minimum absolute atomic E-state index is 0.203. The molecule has 1 unspecified atom stereocenters. The van der Waals surface area contributed by atoms with Crippen LogP contribution in [0, 0.1) is 0 Å². The van der Waals surface area contributed by atoms with Crippen molar-refractivity contribution in [3.05, 3.63) is 0 Å². The van der Waals surface area contributed by atoms with Crippen LogP contribution in [0.4, 0.5) is 0 Å². The first kappa shape index (κ1) is 14.9. The van der Waals surface area contributed by atoms with Crippen LogP contribution in [-0.4, -0.2) is 13.2 Å². The number of hydrogen-bond acceptors (Lipinski definition) is 2. The fraction of sp³-hybridized carbons (Fsp3) is 1.00. The second kappa shape index (κ2) is 12.0. The molecule has 0 saturated carbocycles. The van der Waals surface area contributed by atoms with Crippen molar-refractivity contribution >= 4 is 0 Å². The van der Waals surface area contributed by atoms with E-state index in [0.717, 1.165) is 6.42 Å². The Morgan fingerprint density at radius 2 is 1.33 bits per heavy atom. The zero-order valence-corrected chi connectivity index (χ0v) is 10.7. The van der Waals surface area contributed by atoms with Crippen LogP contribution in [0.2, 0.25) is 0 Å². The Hall–Kier alpha value is -0.0800. The number of nitrogens with one attached hydrogen (secondary N) is 1. The molecule has 15 heavy (non-hydrogen) atoms. The van der Waals surface area contributed by atoms with Crippen molar-refractivity contribution in [2.45, 2.75) is 77.3 Å². The van der Waals surface area contributed by atoms with Gasteiger partial charge in [-0.1, -0.05) is 64.7 Å². The highest BCUT2D eigenvalue weighted by molar-refractivity contribution is 4.55. The van der Waals surface area contributed by atoms with E-state index >= 15 is 0 Å². The van der Waals surface area contributed by atoms with Gasteiger partial charge in [-0.15, -0.1) is 0 Å². The third kappa shape index (κ3) is 11.8. The summed E-state index contributed by atoms with van der Waals surface area (Å²) in [5.74, 6) is 0. The second-order valence-electron chi connectivity index (χ2n) is 4.51. The molecule has 0 aromatic heterocycles. The molecule has 0 heterocycles. The number of unbranched alkanes of at least 4 members (excludes halogenated alkanes) is 8. The van der Waals surface area contributed by atoms with Gasteiger partial charge in [0.1, 0.15) is 0 Å². The lowest BCUT2D eigenvalue weighted by Crippen LogP contribution is -2.33. The third-order valence-corrected chi connectivity index (χ3v) is 2.99. The summed E-state index contributed by atoms with van der Waals surface area (Å²) in [6.45, 7) is 2.27. The van der Waals surface area contributed by atoms with Crippen molar-refractivity contribution in [1.29, 1.82) is 0 Å². The van der Waals surface area contributed by atoms with Gasteiger partial charge < -0.3 is 11.1 Å². The van der Waals surface area contributed by atoms with Crippen molar-refractivity contribution in [3.63, 3.8) is 0 Å². The largest absolute Gasteiger partial charge is 0.316 e. The first-order valence-electron chi connectivity index (χ1n) is 6.74. The Kier molecular flexibility index (Phi) is 11.9. The molecule has 1 atom stereocenters. The summed E-state index contributed by atoms with van der Waals surface area (Å²) in [5, 5.41) is 3.07. The summed E-state index contributed by atoms with van der Waals surface area (Å²) in [7, 11) is 1.93. The van der Waals surface area contributed by atoms with Crippen LogP contribution in [0.25, 0.3) is 0 Å². The van der Waals surface area contributed by atoms with E-state index in [-0.39, 0.29) is 6.17 Å². The van der Waals surface area contributed by atoms with Gasteiger partial charge in [0, 0.05) is 0 Å². The molecule has 0 fully saturated rings. The average Bonchev–Trinajstić information content (AvgIpc) is 2.26. The molecule has 3 N–H and O–H groups in total. The fourth-order valence-corrected chi connectivity index (χ4v) is 1.82. The van der Waals surface area contributed by atoms with E-state index in [4.69, 9.17) is 5.73 Å². The lowest BCUT2D eigenvalue weighted by molar-refractivity contribution is 0.490. The Bertz CT molecular complexity index is 115. The SMILES string of the molecule is CCCCCCCCCCCC(N)NC.